The van der Waals surface area contributed by atoms with Crippen LogP contribution in [0, 0.1) is 11.8 Å². The number of hydrogen-bond acceptors (Lipinski definition) is 2. The van der Waals surface area contributed by atoms with Crippen LogP contribution in [0.2, 0.25) is 0 Å². The summed E-state index contributed by atoms with van der Waals surface area (Å²) in [5, 5.41) is 0.672. The Bertz CT molecular complexity index is 167. The van der Waals surface area contributed by atoms with Gasteiger partial charge in [-0.3, -0.25) is 4.79 Å². The molecule has 2 rings (SSSR count). The van der Waals surface area contributed by atoms with Crippen LogP contribution in [0.3, 0.4) is 0 Å². The van der Waals surface area contributed by atoms with Crippen molar-refractivity contribution in [2.45, 2.75) is 24.5 Å². The van der Waals surface area contributed by atoms with E-state index in [1.807, 2.05) is 11.8 Å². The lowest BCUT2D eigenvalue weighted by Crippen LogP contribution is -2.21. The summed E-state index contributed by atoms with van der Waals surface area (Å²) in [4.78, 5) is 11.2. The molecule has 3 atom stereocenters. The summed E-state index contributed by atoms with van der Waals surface area (Å²) < 4.78 is 0. The van der Waals surface area contributed by atoms with E-state index in [9.17, 15) is 4.79 Å². The van der Waals surface area contributed by atoms with Crippen LogP contribution in [0.15, 0.2) is 0 Å². The molecule has 2 aliphatic rings. The zero-order chi connectivity index (χ0) is 7.14. The number of ketones is 1. The molecular formula is C8H12OS. The zero-order valence-corrected chi connectivity index (χ0v) is 6.99. The van der Waals surface area contributed by atoms with Crippen LogP contribution in [-0.4, -0.2) is 17.3 Å². The van der Waals surface area contributed by atoms with Gasteiger partial charge in [0.05, 0.1) is 0 Å². The number of carbonyl (C=O) groups is 1. The van der Waals surface area contributed by atoms with Crippen LogP contribution in [0.25, 0.3) is 0 Å². The Labute approximate surface area is 65.6 Å². The van der Waals surface area contributed by atoms with E-state index in [1.165, 1.54) is 12.8 Å². The van der Waals surface area contributed by atoms with Gasteiger partial charge in [-0.15, -0.1) is 0 Å². The van der Waals surface area contributed by atoms with Crippen molar-refractivity contribution in [3.63, 3.8) is 0 Å². The van der Waals surface area contributed by atoms with E-state index in [0.717, 1.165) is 12.3 Å². The van der Waals surface area contributed by atoms with Crippen LogP contribution >= 0.6 is 11.8 Å². The molecule has 0 unspecified atom stereocenters. The molecule has 0 spiro atoms. The molecule has 0 saturated heterocycles. The molecule has 0 aromatic rings. The fraction of sp³-hybridized carbons (Fsp3) is 0.875. The summed E-state index contributed by atoms with van der Waals surface area (Å²) in [5.41, 5.74) is 0. The average Bonchev–Trinajstić information content (AvgIpc) is 2.44. The minimum Gasteiger partial charge on any atom is -0.299 e. The molecule has 2 heteroatoms. The standard InChI is InChI=1S/C8H12OS/c1-10-8-4-5-2-6(8)7(9)3-5/h5-6,8H,2-4H2,1H3/t5-,6+,8+/m1/s1. The van der Waals surface area contributed by atoms with Gasteiger partial charge in [-0.2, -0.15) is 11.8 Å². The van der Waals surface area contributed by atoms with Crippen molar-refractivity contribution < 1.29 is 4.79 Å². The third kappa shape index (κ3) is 0.815. The van der Waals surface area contributed by atoms with E-state index in [1.54, 1.807) is 0 Å². The first-order chi connectivity index (χ1) is 4.81. The molecule has 56 valence electrons. The molecule has 2 saturated carbocycles. The highest BCUT2D eigenvalue weighted by atomic mass is 32.2. The first-order valence-electron chi connectivity index (χ1n) is 3.86. The molecule has 2 bridgehead atoms. The quantitative estimate of drug-likeness (QED) is 0.575. The number of fused-ring (bicyclic) bond motifs is 2. The summed E-state index contributed by atoms with van der Waals surface area (Å²) in [5.74, 6) is 1.74. The van der Waals surface area contributed by atoms with Gasteiger partial charge in [0.2, 0.25) is 0 Å². The van der Waals surface area contributed by atoms with Crippen LogP contribution in [-0.2, 0) is 4.79 Å². The molecule has 0 aliphatic heterocycles. The van der Waals surface area contributed by atoms with Gasteiger partial charge in [-0.1, -0.05) is 0 Å². The highest BCUT2D eigenvalue weighted by Crippen LogP contribution is 2.46. The summed E-state index contributed by atoms with van der Waals surface area (Å²) in [7, 11) is 0. The van der Waals surface area contributed by atoms with Gasteiger partial charge in [0.15, 0.2) is 0 Å². The lowest BCUT2D eigenvalue weighted by Gasteiger charge is -2.17. The van der Waals surface area contributed by atoms with E-state index in [4.69, 9.17) is 0 Å². The van der Waals surface area contributed by atoms with E-state index in [0.29, 0.717) is 17.0 Å². The van der Waals surface area contributed by atoms with Gasteiger partial charge in [-0.25, -0.2) is 0 Å². The number of rotatable bonds is 1. The van der Waals surface area contributed by atoms with Gasteiger partial charge < -0.3 is 0 Å². The molecule has 0 N–H and O–H groups in total. The summed E-state index contributed by atoms with van der Waals surface area (Å²) >= 11 is 1.88. The molecule has 0 heterocycles. The predicted octanol–water partition coefficient (Wildman–Crippen LogP) is 1.72. The fourth-order valence-electron chi connectivity index (χ4n) is 2.30. The molecular weight excluding hydrogens is 144 g/mol. The summed E-state index contributed by atoms with van der Waals surface area (Å²) in [6.45, 7) is 0. The van der Waals surface area contributed by atoms with Gasteiger partial charge >= 0.3 is 0 Å². The number of hydrogen-bond donors (Lipinski definition) is 0. The van der Waals surface area contributed by atoms with Crippen molar-refractivity contribution in [2.24, 2.45) is 11.8 Å². The molecule has 0 radical (unpaired) electrons. The SMILES string of the molecule is CS[C@H]1C[C@H]2CC(=O)[C@@H]1C2. The molecule has 10 heavy (non-hydrogen) atoms. The average molecular weight is 156 g/mol. The van der Waals surface area contributed by atoms with Crippen molar-refractivity contribution in [3.05, 3.63) is 0 Å². The Morgan fingerprint density at radius 1 is 1.50 bits per heavy atom. The summed E-state index contributed by atoms with van der Waals surface area (Å²) in [6, 6.07) is 0. The minimum atomic E-state index is 0.444. The lowest BCUT2D eigenvalue weighted by atomic mass is 9.99. The monoisotopic (exact) mass is 156 g/mol. The van der Waals surface area contributed by atoms with E-state index >= 15 is 0 Å². The second-order valence-corrected chi connectivity index (χ2v) is 4.47. The topological polar surface area (TPSA) is 17.1 Å². The Morgan fingerprint density at radius 2 is 2.30 bits per heavy atom. The molecule has 0 amide bonds. The minimum absolute atomic E-state index is 0.444. The third-order valence-corrected chi connectivity index (χ3v) is 3.93. The van der Waals surface area contributed by atoms with E-state index < -0.39 is 0 Å². The van der Waals surface area contributed by atoms with Gasteiger partial charge in [0.1, 0.15) is 5.78 Å². The molecule has 1 nitrogen and oxygen atoms in total. The van der Waals surface area contributed by atoms with E-state index in [-0.39, 0.29) is 0 Å². The second-order valence-electron chi connectivity index (χ2n) is 3.39. The predicted molar refractivity (Wildman–Crippen MR) is 43.1 cm³/mol. The van der Waals surface area contributed by atoms with Crippen molar-refractivity contribution >= 4 is 17.5 Å². The third-order valence-electron chi connectivity index (χ3n) is 2.81. The van der Waals surface area contributed by atoms with Crippen molar-refractivity contribution in [2.75, 3.05) is 6.26 Å². The van der Waals surface area contributed by atoms with Crippen LogP contribution < -0.4 is 0 Å². The molecule has 0 aromatic carbocycles. The van der Waals surface area contributed by atoms with Crippen molar-refractivity contribution in [3.8, 4) is 0 Å². The Kier molecular flexibility index (Phi) is 1.52. The molecule has 2 aliphatic carbocycles. The second kappa shape index (κ2) is 2.26. The van der Waals surface area contributed by atoms with Gasteiger partial charge in [0, 0.05) is 17.6 Å². The van der Waals surface area contributed by atoms with Gasteiger partial charge in [-0.05, 0) is 25.0 Å². The Hall–Kier alpha value is 0.0200. The maximum absolute atomic E-state index is 11.2. The largest absolute Gasteiger partial charge is 0.299 e. The smallest absolute Gasteiger partial charge is 0.137 e. The number of Topliss-reactive ketones (excluding diaryl/α,β-unsaturated/α-hetero) is 1. The van der Waals surface area contributed by atoms with Gasteiger partial charge in [0.25, 0.3) is 0 Å². The highest BCUT2D eigenvalue weighted by molar-refractivity contribution is 7.99. The van der Waals surface area contributed by atoms with Crippen molar-refractivity contribution in [1.82, 2.24) is 0 Å². The van der Waals surface area contributed by atoms with Crippen molar-refractivity contribution in [1.29, 1.82) is 0 Å². The first-order valence-corrected chi connectivity index (χ1v) is 5.15. The molecule has 2 fully saturated rings. The van der Waals surface area contributed by atoms with Crippen LogP contribution in [0.1, 0.15) is 19.3 Å². The van der Waals surface area contributed by atoms with Crippen LogP contribution in [0.5, 0.6) is 0 Å². The maximum Gasteiger partial charge on any atom is 0.137 e. The fourth-order valence-corrected chi connectivity index (χ4v) is 3.36. The zero-order valence-electron chi connectivity index (χ0n) is 6.17. The number of thioether (sulfide) groups is 1. The first kappa shape index (κ1) is 6.71. The summed E-state index contributed by atoms with van der Waals surface area (Å²) in [6.07, 6.45) is 5.52. The normalized spacial score (nSPS) is 44.9. The van der Waals surface area contributed by atoms with E-state index in [2.05, 4.69) is 6.26 Å². The Morgan fingerprint density at radius 3 is 2.70 bits per heavy atom. The highest BCUT2D eigenvalue weighted by Gasteiger charge is 2.44. The number of carbonyl (C=O) groups excluding carboxylic acids is 1. The maximum atomic E-state index is 11.2. The lowest BCUT2D eigenvalue weighted by molar-refractivity contribution is -0.121. The van der Waals surface area contributed by atoms with Crippen LogP contribution in [0.4, 0.5) is 0 Å². The Balaban J connectivity index is 2.12. The molecule has 0 aromatic heterocycles.